The van der Waals surface area contributed by atoms with E-state index in [1.54, 1.807) is 0 Å². The number of fused-ring (bicyclic) bond motifs is 6. The first-order valence-corrected chi connectivity index (χ1v) is 9.49. The number of pyridine rings is 1. The maximum Gasteiger partial charge on any atom is 0.294 e. The van der Waals surface area contributed by atoms with Gasteiger partial charge >= 0.3 is 0 Å². The molecule has 0 atom stereocenters. The lowest BCUT2D eigenvalue weighted by atomic mass is 9.95. The summed E-state index contributed by atoms with van der Waals surface area (Å²) in [7, 11) is 0. The molecule has 4 aromatic rings. The first-order valence-electron chi connectivity index (χ1n) is 9.49. The standard InChI is InChI=1S/C24H20N3/c1-15-12-18-13-21-20(8-5-9-25-21)22(18)16(2)23(15)27-11-10-26-14-17-6-3-4-7-19(17)24(26)27/h3-12H,13-14H2,1-2H3/q+1. The van der Waals surface area contributed by atoms with Gasteiger partial charge in [-0.2, -0.15) is 4.57 Å². The zero-order chi connectivity index (χ0) is 18.1. The molecular formula is C24H20N3+. The Morgan fingerprint density at radius 3 is 2.78 bits per heavy atom. The Morgan fingerprint density at radius 2 is 1.85 bits per heavy atom. The van der Waals surface area contributed by atoms with Crippen LogP contribution < -0.4 is 4.57 Å². The molecule has 3 nitrogen and oxygen atoms in total. The maximum absolute atomic E-state index is 4.61. The topological polar surface area (TPSA) is 21.7 Å². The van der Waals surface area contributed by atoms with Crippen molar-refractivity contribution in [2.24, 2.45) is 0 Å². The summed E-state index contributed by atoms with van der Waals surface area (Å²) in [6.07, 6.45) is 7.26. The van der Waals surface area contributed by atoms with Crippen LogP contribution in [0.2, 0.25) is 0 Å². The SMILES string of the molecule is Cc1cc2c(c(C)c1-n1cc[n+]3c1-c1ccccc1C3)-c1cccnc1C2. The molecule has 3 heterocycles. The molecule has 0 radical (unpaired) electrons. The van der Waals surface area contributed by atoms with E-state index in [0.717, 1.165) is 13.0 Å². The second kappa shape index (κ2) is 5.17. The molecule has 0 fully saturated rings. The molecule has 130 valence electrons. The highest BCUT2D eigenvalue weighted by molar-refractivity contribution is 5.82. The molecule has 0 saturated carbocycles. The minimum atomic E-state index is 0.939. The summed E-state index contributed by atoms with van der Waals surface area (Å²) < 4.78 is 4.73. The third kappa shape index (κ3) is 1.91. The summed E-state index contributed by atoms with van der Waals surface area (Å²) in [5, 5.41) is 0. The van der Waals surface area contributed by atoms with Crippen LogP contribution in [0.25, 0.3) is 28.2 Å². The highest BCUT2D eigenvalue weighted by Crippen LogP contribution is 2.42. The van der Waals surface area contributed by atoms with E-state index in [9.17, 15) is 0 Å². The van der Waals surface area contributed by atoms with Gasteiger partial charge in [0, 0.05) is 29.3 Å². The smallest absolute Gasteiger partial charge is 0.260 e. The molecule has 0 N–H and O–H groups in total. The third-order valence-electron chi connectivity index (χ3n) is 6.07. The minimum Gasteiger partial charge on any atom is -0.260 e. The molecule has 0 saturated heterocycles. The average Bonchev–Trinajstić information content (AvgIpc) is 3.33. The van der Waals surface area contributed by atoms with E-state index in [-0.39, 0.29) is 0 Å². The predicted molar refractivity (Wildman–Crippen MR) is 106 cm³/mol. The van der Waals surface area contributed by atoms with Crippen molar-refractivity contribution < 1.29 is 4.57 Å². The average molecular weight is 350 g/mol. The van der Waals surface area contributed by atoms with Gasteiger partial charge < -0.3 is 0 Å². The fourth-order valence-corrected chi connectivity index (χ4v) is 5.01. The lowest BCUT2D eigenvalue weighted by Gasteiger charge is -2.13. The van der Waals surface area contributed by atoms with Crippen LogP contribution in [-0.4, -0.2) is 9.55 Å². The van der Waals surface area contributed by atoms with E-state index in [2.05, 4.69) is 76.8 Å². The summed E-state index contributed by atoms with van der Waals surface area (Å²) >= 11 is 0. The van der Waals surface area contributed by atoms with Crippen LogP contribution in [0.15, 0.2) is 61.1 Å². The van der Waals surface area contributed by atoms with Crippen LogP contribution in [0.1, 0.15) is 27.9 Å². The summed E-state index contributed by atoms with van der Waals surface area (Å²) in [6.45, 7) is 5.45. The molecular weight excluding hydrogens is 330 g/mol. The number of hydrogen-bond donors (Lipinski definition) is 0. The fraction of sp³-hybridized carbons (Fsp3) is 0.167. The van der Waals surface area contributed by atoms with Gasteiger partial charge in [0.1, 0.15) is 24.6 Å². The molecule has 2 aromatic carbocycles. The summed E-state index contributed by atoms with van der Waals surface area (Å²) in [4.78, 5) is 4.61. The third-order valence-corrected chi connectivity index (χ3v) is 6.07. The van der Waals surface area contributed by atoms with E-state index < -0.39 is 0 Å². The second-order valence-corrected chi connectivity index (χ2v) is 7.65. The van der Waals surface area contributed by atoms with E-state index in [4.69, 9.17) is 0 Å². The van der Waals surface area contributed by atoms with Crippen molar-refractivity contribution in [3.63, 3.8) is 0 Å². The monoisotopic (exact) mass is 350 g/mol. The van der Waals surface area contributed by atoms with Crippen LogP contribution in [-0.2, 0) is 13.0 Å². The van der Waals surface area contributed by atoms with Gasteiger partial charge in [-0.3, -0.25) is 4.98 Å². The molecule has 1 aliphatic heterocycles. The van der Waals surface area contributed by atoms with Crippen LogP contribution in [0.4, 0.5) is 0 Å². The minimum absolute atomic E-state index is 0.939. The van der Waals surface area contributed by atoms with Crippen molar-refractivity contribution in [3.8, 4) is 28.2 Å². The Morgan fingerprint density at radius 1 is 1.00 bits per heavy atom. The molecule has 3 heteroatoms. The number of benzene rings is 2. The first kappa shape index (κ1) is 14.9. The van der Waals surface area contributed by atoms with Gasteiger partial charge in [-0.1, -0.05) is 30.3 Å². The molecule has 1 aliphatic carbocycles. The lowest BCUT2D eigenvalue weighted by Crippen LogP contribution is -2.30. The number of imidazole rings is 1. The van der Waals surface area contributed by atoms with Gasteiger partial charge in [0.25, 0.3) is 5.82 Å². The van der Waals surface area contributed by atoms with Gasteiger partial charge in [-0.25, -0.2) is 4.57 Å². The van der Waals surface area contributed by atoms with Gasteiger partial charge in [-0.05, 0) is 42.7 Å². The number of aromatic nitrogens is 3. The summed E-state index contributed by atoms with van der Waals surface area (Å²) in [5.41, 5.74) is 12.0. The van der Waals surface area contributed by atoms with E-state index in [0.29, 0.717) is 0 Å². The first-order chi connectivity index (χ1) is 13.2. The molecule has 2 aliphatic rings. The molecule has 27 heavy (non-hydrogen) atoms. The zero-order valence-corrected chi connectivity index (χ0v) is 15.5. The van der Waals surface area contributed by atoms with Crippen molar-refractivity contribution in [1.82, 2.24) is 9.55 Å². The summed E-state index contributed by atoms with van der Waals surface area (Å²) in [5.74, 6) is 1.28. The second-order valence-electron chi connectivity index (χ2n) is 7.65. The fourth-order valence-electron chi connectivity index (χ4n) is 5.01. The quantitative estimate of drug-likeness (QED) is 0.403. The molecule has 0 amide bonds. The Kier molecular flexibility index (Phi) is 2.85. The van der Waals surface area contributed by atoms with Crippen molar-refractivity contribution >= 4 is 0 Å². The van der Waals surface area contributed by atoms with Gasteiger partial charge in [0.05, 0.1) is 11.3 Å². The highest BCUT2D eigenvalue weighted by Gasteiger charge is 2.33. The van der Waals surface area contributed by atoms with Gasteiger partial charge in [0.15, 0.2) is 0 Å². The van der Waals surface area contributed by atoms with E-state index in [1.165, 1.54) is 56.1 Å². The van der Waals surface area contributed by atoms with Crippen molar-refractivity contribution in [1.29, 1.82) is 0 Å². The molecule has 6 rings (SSSR count). The Hall–Kier alpha value is -3.20. The highest BCUT2D eigenvalue weighted by atomic mass is 15.2. The maximum atomic E-state index is 4.61. The Labute approximate surface area is 158 Å². The number of hydrogen-bond acceptors (Lipinski definition) is 1. The largest absolute Gasteiger partial charge is 0.294 e. The number of rotatable bonds is 1. The van der Waals surface area contributed by atoms with E-state index in [1.807, 2.05) is 12.3 Å². The van der Waals surface area contributed by atoms with Crippen LogP contribution >= 0.6 is 0 Å². The Balaban J connectivity index is 1.63. The van der Waals surface area contributed by atoms with Crippen molar-refractivity contribution in [2.75, 3.05) is 0 Å². The normalized spacial score (nSPS) is 13.3. The molecule has 0 bridgehead atoms. The number of nitrogens with zero attached hydrogens (tertiary/aromatic N) is 3. The van der Waals surface area contributed by atoms with E-state index >= 15 is 0 Å². The molecule has 0 spiro atoms. The van der Waals surface area contributed by atoms with Crippen LogP contribution in [0, 0.1) is 13.8 Å². The number of aryl methyl sites for hydroxylation is 1. The molecule has 2 aromatic heterocycles. The van der Waals surface area contributed by atoms with Gasteiger partial charge in [0.2, 0.25) is 0 Å². The lowest BCUT2D eigenvalue weighted by molar-refractivity contribution is -0.671. The molecule has 0 unspecified atom stereocenters. The van der Waals surface area contributed by atoms with Crippen molar-refractivity contribution in [3.05, 3.63) is 89.0 Å². The Bertz CT molecular complexity index is 1250. The van der Waals surface area contributed by atoms with Crippen LogP contribution in [0.3, 0.4) is 0 Å². The predicted octanol–water partition coefficient (Wildman–Crippen LogP) is 4.38. The van der Waals surface area contributed by atoms with Crippen LogP contribution in [0.5, 0.6) is 0 Å². The summed E-state index contributed by atoms with van der Waals surface area (Å²) in [6, 6.07) is 15.4. The van der Waals surface area contributed by atoms with Crippen molar-refractivity contribution in [2.45, 2.75) is 26.8 Å². The van der Waals surface area contributed by atoms with Gasteiger partial charge in [-0.15, -0.1) is 0 Å². The zero-order valence-electron chi connectivity index (χ0n) is 15.5.